The van der Waals surface area contributed by atoms with Crippen molar-refractivity contribution in [1.82, 2.24) is 5.32 Å². The van der Waals surface area contributed by atoms with Gasteiger partial charge in [-0.1, -0.05) is 39.3 Å². The van der Waals surface area contributed by atoms with Gasteiger partial charge in [0.25, 0.3) is 0 Å². The second-order valence-corrected chi connectivity index (χ2v) is 4.57. The zero-order valence-corrected chi connectivity index (χ0v) is 10.9. The second kappa shape index (κ2) is 6.01. The van der Waals surface area contributed by atoms with E-state index in [1.54, 1.807) is 12.1 Å². The summed E-state index contributed by atoms with van der Waals surface area (Å²) in [5.74, 6) is 0. The molecule has 15 heavy (non-hydrogen) atoms. The normalized spacial score (nSPS) is 10.9. The van der Waals surface area contributed by atoms with Crippen LogP contribution in [0.4, 0.5) is 5.69 Å². The number of nitriles is 1. The van der Waals surface area contributed by atoms with E-state index in [0.29, 0.717) is 15.9 Å². The van der Waals surface area contributed by atoms with Gasteiger partial charge in [-0.25, -0.2) is 4.99 Å². The number of halogens is 2. The largest absolute Gasteiger partial charge is 0.271 e. The molecule has 0 aliphatic rings. The number of nitrogens with zero attached hydrogens (tertiary/aromatic N) is 2. The summed E-state index contributed by atoms with van der Waals surface area (Å²) in [6.07, 6.45) is 3.65. The highest BCUT2D eigenvalue weighted by Crippen LogP contribution is 2.28. The highest BCUT2D eigenvalue weighted by Gasteiger charge is 2.01. The summed E-state index contributed by atoms with van der Waals surface area (Å²) < 4.78 is 0.894. The van der Waals surface area contributed by atoms with E-state index in [1.807, 2.05) is 18.5 Å². The van der Waals surface area contributed by atoms with E-state index >= 15 is 0 Å². The summed E-state index contributed by atoms with van der Waals surface area (Å²) in [6, 6.07) is 5.38. The lowest BCUT2D eigenvalue weighted by Gasteiger charge is -2.02. The van der Waals surface area contributed by atoms with Gasteiger partial charge in [0.05, 0.1) is 10.7 Å². The Balaban J connectivity index is 3.01. The molecule has 0 aliphatic carbocycles. The average molecular weight is 305 g/mol. The lowest BCUT2D eigenvalue weighted by atomic mass is 10.3. The van der Waals surface area contributed by atoms with Crippen LogP contribution < -0.4 is 5.32 Å². The monoisotopic (exact) mass is 303 g/mol. The molecule has 0 bridgehead atoms. The molecule has 6 heteroatoms. The van der Waals surface area contributed by atoms with Gasteiger partial charge in [0.2, 0.25) is 0 Å². The zero-order valence-electron chi connectivity index (χ0n) is 7.79. The molecule has 0 amide bonds. The molecular weight excluding hydrogens is 298 g/mol. The first-order chi connectivity index (χ1) is 7.17. The Labute approximate surface area is 106 Å². The molecule has 0 unspecified atom stereocenters. The van der Waals surface area contributed by atoms with Crippen molar-refractivity contribution in [3.63, 3.8) is 0 Å². The fraction of sp³-hybridized carbons (Fsp3) is 0.111. The number of rotatable bonds is 1. The van der Waals surface area contributed by atoms with Crippen LogP contribution in [0.5, 0.6) is 0 Å². The van der Waals surface area contributed by atoms with Crippen molar-refractivity contribution in [1.29, 1.82) is 5.26 Å². The van der Waals surface area contributed by atoms with Crippen molar-refractivity contribution in [2.45, 2.75) is 0 Å². The van der Waals surface area contributed by atoms with E-state index in [-0.39, 0.29) is 0 Å². The van der Waals surface area contributed by atoms with Crippen molar-refractivity contribution < 1.29 is 0 Å². The maximum Gasteiger partial charge on any atom is 0.183 e. The van der Waals surface area contributed by atoms with E-state index in [4.69, 9.17) is 16.9 Å². The van der Waals surface area contributed by atoms with Crippen LogP contribution in [0, 0.1) is 11.5 Å². The van der Waals surface area contributed by atoms with E-state index in [1.165, 1.54) is 11.8 Å². The summed E-state index contributed by atoms with van der Waals surface area (Å²) in [7, 11) is 0. The van der Waals surface area contributed by atoms with Crippen LogP contribution in [0.3, 0.4) is 0 Å². The van der Waals surface area contributed by atoms with Crippen LogP contribution in [0.25, 0.3) is 0 Å². The van der Waals surface area contributed by atoms with E-state index in [0.717, 1.165) is 4.47 Å². The van der Waals surface area contributed by atoms with Crippen LogP contribution >= 0.6 is 39.3 Å². The Hall–Kier alpha value is -0.700. The van der Waals surface area contributed by atoms with Crippen molar-refractivity contribution in [3.05, 3.63) is 27.7 Å². The number of hydrogen-bond acceptors (Lipinski definition) is 3. The molecule has 1 rings (SSSR count). The predicted molar refractivity (Wildman–Crippen MR) is 68.5 cm³/mol. The van der Waals surface area contributed by atoms with Gasteiger partial charge in [-0.2, -0.15) is 5.26 Å². The third-order valence-corrected chi connectivity index (χ3v) is 2.86. The number of amidine groups is 1. The fourth-order valence-electron chi connectivity index (χ4n) is 0.854. The third kappa shape index (κ3) is 3.74. The first-order valence-electron chi connectivity index (χ1n) is 3.90. The lowest BCUT2D eigenvalue weighted by Crippen LogP contribution is -2.12. The number of nitrogens with one attached hydrogen (secondary N) is 1. The second-order valence-electron chi connectivity index (χ2n) is 2.45. The molecule has 0 aliphatic heterocycles. The van der Waals surface area contributed by atoms with Crippen molar-refractivity contribution in [3.8, 4) is 6.19 Å². The first kappa shape index (κ1) is 12.4. The molecular formula is C9H7BrClN3S. The van der Waals surface area contributed by atoms with Crippen molar-refractivity contribution in [2.24, 2.45) is 4.99 Å². The number of hydrogen-bond donors (Lipinski definition) is 1. The topological polar surface area (TPSA) is 48.2 Å². The van der Waals surface area contributed by atoms with Gasteiger partial charge in [0.1, 0.15) is 0 Å². The zero-order chi connectivity index (χ0) is 11.3. The van der Waals surface area contributed by atoms with Gasteiger partial charge in [-0.15, -0.1) is 0 Å². The molecule has 0 radical (unpaired) electrons. The molecule has 1 N–H and O–H groups in total. The molecule has 0 fully saturated rings. The lowest BCUT2D eigenvalue weighted by molar-refractivity contribution is 1.28. The Morgan fingerprint density at radius 1 is 1.67 bits per heavy atom. The SMILES string of the molecule is CSC(=Nc1ccc(Br)cc1Cl)NC#N. The molecule has 78 valence electrons. The first-order valence-corrected chi connectivity index (χ1v) is 6.29. The molecule has 1 aromatic carbocycles. The van der Waals surface area contributed by atoms with Crippen LogP contribution in [-0.4, -0.2) is 11.4 Å². The summed E-state index contributed by atoms with van der Waals surface area (Å²) >= 11 is 10.6. The van der Waals surface area contributed by atoms with Crippen LogP contribution in [-0.2, 0) is 0 Å². The molecule has 0 aromatic heterocycles. The van der Waals surface area contributed by atoms with Crippen LogP contribution in [0.15, 0.2) is 27.7 Å². The Morgan fingerprint density at radius 3 is 2.93 bits per heavy atom. The highest BCUT2D eigenvalue weighted by atomic mass is 79.9. The standard InChI is InChI=1S/C9H7BrClN3S/c1-15-9(13-5-12)14-8-3-2-6(10)4-7(8)11/h2-4H,1H3,(H,13,14). The maximum atomic E-state index is 8.46. The minimum absolute atomic E-state index is 0.515. The number of benzene rings is 1. The number of aliphatic imine (C=N–C) groups is 1. The third-order valence-electron chi connectivity index (χ3n) is 1.49. The fourth-order valence-corrected chi connectivity index (χ4v) is 1.91. The maximum absolute atomic E-state index is 8.46. The van der Waals surface area contributed by atoms with Gasteiger partial charge >= 0.3 is 0 Å². The molecule has 0 saturated carbocycles. The molecule has 0 spiro atoms. The van der Waals surface area contributed by atoms with Crippen molar-refractivity contribution in [2.75, 3.05) is 6.26 Å². The molecule has 3 nitrogen and oxygen atoms in total. The Morgan fingerprint density at radius 2 is 2.40 bits per heavy atom. The van der Waals surface area contributed by atoms with Crippen molar-refractivity contribution >= 4 is 50.1 Å². The smallest absolute Gasteiger partial charge is 0.183 e. The van der Waals surface area contributed by atoms with Crippen LogP contribution in [0.2, 0.25) is 5.02 Å². The Kier molecular flexibility index (Phi) is 4.95. The summed E-state index contributed by atoms with van der Waals surface area (Å²) in [5, 5.41) is 12.0. The Bertz CT molecular complexity index is 428. The quantitative estimate of drug-likeness (QED) is 0.374. The van der Waals surface area contributed by atoms with Gasteiger partial charge in [-0.3, -0.25) is 5.32 Å². The predicted octanol–water partition coefficient (Wildman–Crippen LogP) is 3.52. The minimum atomic E-state index is 0.515. The molecule has 0 heterocycles. The minimum Gasteiger partial charge on any atom is -0.271 e. The van der Waals surface area contributed by atoms with Gasteiger partial charge < -0.3 is 0 Å². The molecule has 0 atom stereocenters. The highest BCUT2D eigenvalue weighted by molar-refractivity contribution is 9.10. The van der Waals surface area contributed by atoms with Crippen LogP contribution in [0.1, 0.15) is 0 Å². The average Bonchev–Trinajstić information content (AvgIpc) is 2.21. The summed E-state index contributed by atoms with van der Waals surface area (Å²) in [6.45, 7) is 0. The van der Waals surface area contributed by atoms with E-state index in [9.17, 15) is 0 Å². The molecule has 0 saturated heterocycles. The van der Waals surface area contributed by atoms with E-state index in [2.05, 4.69) is 26.2 Å². The van der Waals surface area contributed by atoms with Gasteiger partial charge in [-0.05, 0) is 24.5 Å². The van der Waals surface area contributed by atoms with Gasteiger partial charge in [0, 0.05) is 4.47 Å². The molecule has 1 aromatic rings. The summed E-state index contributed by atoms with van der Waals surface area (Å²) in [4.78, 5) is 4.20. The number of thioether (sulfide) groups is 1. The summed E-state index contributed by atoms with van der Waals surface area (Å²) in [5.41, 5.74) is 0.631. The van der Waals surface area contributed by atoms with E-state index < -0.39 is 0 Å². The van der Waals surface area contributed by atoms with Gasteiger partial charge in [0.15, 0.2) is 11.4 Å².